The lowest BCUT2D eigenvalue weighted by molar-refractivity contribution is 0.0759. The molecule has 9 nitrogen and oxygen atoms in total. The van der Waals surface area contributed by atoms with Crippen molar-refractivity contribution in [3.8, 4) is 6.07 Å². The van der Waals surface area contributed by atoms with Crippen LogP contribution in [0.5, 0.6) is 0 Å². The molecule has 2 N–H and O–H groups in total. The van der Waals surface area contributed by atoms with Crippen LogP contribution in [0.15, 0.2) is 60.7 Å². The van der Waals surface area contributed by atoms with Gasteiger partial charge in [0, 0.05) is 62.5 Å². The Morgan fingerprint density at radius 3 is 2.19 bits per heavy atom. The Morgan fingerprint density at radius 1 is 0.721 bits per heavy atom. The van der Waals surface area contributed by atoms with Crippen LogP contribution in [0, 0.1) is 23.0 Å². The van der Waals surface area contributed by atoms with E-state index in [9.17, 15) is 23.2 Å². The molecule has 2 fully saturated rings. The molecule has 0 saturated carbocycles. The van der Waals surface area contributed by atoms with Crippen LogP contribution in [0.25, 0.3) is 0 Å². The third-order valence-electron chi connectivity index (χ3n) is 7.69. The molecular weight excluding hydrogens is 554 g/mol. The molecule has 2 aliphatic heterocycles. The summed E-state index contributed by atoms with van der Waals surface area (Å²) >= 11 is 0. The average Bonchev–Trinajstić information content (AvgIpc) is 3.46. The van der Waals surface area contributed by atoms with Crippen LogP contribution in [-0.2, 0) is 0 Å². The zero-order valence-corrected chi connectivity index (χ0v) is 23.6. The van der Waals surface area contributed by atoms with Crippen LogP contribution in [0.2, 0.25) is 0 Å². The fraction of sp³-hybridized carbons (Fsp3) is 0.312. The van der Waals surface area contributed by atoms with Crippen LogP contribution in [0.3, 0.4) is 0 Å². The van der Waals surface area contributed by atoms with Crippen LogP contribution in [-0.4, -0.2) is 79.9 Å². The fourth-order valence-corrected chi connectivity index (χ4v) is 5.34. The van der Waals surface area contributed by atoms with Crippen molar-refractivity contribution in [2.45, 2.75) is 12.8 Å². The number of rotatable bonds is 5. The number of benzene rings is 3. The maximum atomic E-state index is 13.9. The molecule has 43 heavy (non-hydrogen) atoms. The summed E-state index contributed by atoms with van der Waals surface area (Å²) in [6, 6.07) is 16.6. The molecule has 3 amide bonds. The minimum absolute atomic E-state index is 0.0600. The number of carbonyl (C=O) groups is 3. The number of nitriles is 1. The van der Waals surface area contributed by atoms with E-state index in [1.165, 1.54) is 6.07 Å². The number of hydrogen-bond donors (Lipinski definition) is 2. The van der Waals surface area contributed by atoms with Crippen molar-refractivity contribution in [1.29, 1.82) is 5.26 Å². The van der Waals surface area contributed by atoms with E-state index in [-0.39, 0.29) is 17.4 Å². The molecule has 2 aliphatic rings. The molecule has 11 heteroatoms. The molecule has 2 heterocycles. The van der Waals surface area contributed by atoms with Gasteiger partial charge in [-0.3, -0.25) is 14.4 Å². The smallest absolute Gasteiger partial charge is 0.255 e. The van der Waals surface area contributed by atoms with E-state index in [4.69, 9.17) is 5.26 Å². The lowest BCUT2D eigenvalue weighted by Crippen LogP contribution is -2.35. The topological polar surface area (TPSA) is 109 Å². The quantitative estimate of drug-likeness (QED) is 0.470. The Bertz CT molecular complexity index is 1550. The molecule has 3 aromatic carbocycles. The summed E-state index contributed by atoms with van der Waals surface area (Å²) in [4.78, 5) is 45.3. The Balaban J connectivity index is 1.39. The highest BCUT2D eigenvalue weighted by Gasteiger charge is 2.25. The summed E-state index contributed by atoms with van der Waals surface area (Å²) in [6.07, 6.45) is 1.48. The lowest BCUT2D eigenvalue weighted by atomic mass is 10.1. The summed E-state index contributed by atoms with van der Waals surface area (Å²) in [5.41, 5.74) is 2.33. The van der Waals surface area contributed by atoms with Gasteiger partial charge in [0.15, 0.2) is 11.6 Å². The summed E-state index contributed by atoms with van der Waals surface area (Å²) < 4.78 is 27.4. The van der Waals surface area contributed by atoms with Gasteiger partial charge in [-0.05, 0) is 80.1 Å². The van der Waals surface area contributed by atoms with Crippen LogP contribution < -0.4 is 15.5 Å². The lowest BCUT2D eigenvalue weighted by Gasteiger charge is -2.27. The number of halogens is 2. The molecule has 3 aromatic rings. The van der Waals surface area contributed by atoms with Gasteiger partial charge in [-0.15, -0.1) is 0 Å². The highest BCUT2D eigenvalue weighted by molar-refractivity contribution is 6.07. The number of nitrogens with one attached hydrogen (secondary N) is 2. The van der Waals surface area contributed by atoms with Gasteiger partial charge >= 0.3 is 0 Å². The first-order valence-electron chi connectivity index (χ1n) is 14.3. The minimum atomic E-state index is -1.13. The standard InChI is InChI=1S/C32H32F2N6O3/c33-26-9-7-24(19-27(26)34)30(41)37-28-20-25(32(43)39-13-1-11-36-12-16-39)8-10-29(28)38-14-2-15-40(18-17-38)31(42)23-5-3-22(21-35)4-6-23/h3-10,19-20,36H,1-2,11-18H2,(H,37,41). The average molecular weight is 587 g/mol. The molecule has 222 valence electrons. The third-order valence-corrected chi connectivity index (χ3v) is 7.69. The second kappa shape index (κ2) is 13.4. The van der Waals surface area contributed by atoms with Crippen molar-refractivity contribution in [3.63, 3.8) is 0 Å². The maximum absolute atomic E-state index is 13.9. The Kier molecular flexibility index (Phi) is 9.27. The van der Waals surface area contributed by atoms with Crippen LogP contribution in [0.4, 0.5) is 20.2 Å². The number of anilines is 2. The van der Waals surface area contributed by atoms with Gasteiger partial charge in [-0.25, -0.2) is 8.78 Å². The van der Waals surface area contributed by atoms with Crippen LogP contribution >= 0.6 is 0 Å². The van der Waals surface area contributed by atoms with Crippen molar-refractivity contribution in [1.82, 2.24) is 15.1 Å². The van der Waals surface area contributed by atoms with Crippen LogP contribution in [0.1, 0.15) is 49.5 Å². The van der Waals surface area contributed by atoms with Gasteiger partial charge in [0.25, 0.3) is 17.7 Å². The number of hydrogen-bond acceptors (Lipinski definition) is 6. The molecule has 2 saturated heterocycles. The third kappa shape index (κ3) is 6.98. The molecule has 0 unspecified atom stereocenters. The van der Waals surface area contributed by atoms with Crippen molar-refractivity contribution in [3.05, 3.63) is 94.6 Å². The van der Waals surface area contributed by atoms with E-state index in [1.54, 1.807) is 52.3 Å². The molecule has 0 atom stereocenters. The maximum Gasteiger partial charge on any atom is 0.255 e. The van der Waals surface area contributed by atoms with Gasteiger partial charge in [0.05, 0.1) is 23.0 Å². The normalized spacial score (nSPS) is 15.7. The summed E-state index contributed by atoms with van der Waals surface area (Å²) in [6.45, 7) is 4.67. The van der Waals surface area contributed by atoms with Gasteiger partial charge in [-0.2, -0.15) is 5.26 Å². The second-order valence-corrected chi connectivity index (χ2v) is 10.5. The fourth-order valence-electron chi connectivity index (χ4n) is 5.34. The van der Waals surface area contributed by atoms with Gasteiger partial charge in [0.2, 0.25) is 0 Å². The first-order valence-corrected chi connectivity index (χ1v) is 14.3. The Morgan fingerprint density at radius 2 is 1.42 bits per heavy atom. The van der Waals surface area contributed by atoms with E-state index >= 15 is 0 Å². The number of carbonyl (C=O) groups excluding carboxylic acids is 3. The zero-order chi connectivity index (χ0) is 30.3. The largest absolute Gasteiger partial charge is 0.368 e. The zero-order valence-electron chi connectivity index (χ0n) is 23.6. The number of amides is 3. The van der Waals surface area contributed by atoms with E-state index in [1.807, 2.05) is 11.0 Å². The van der Waals surface area contributed by atoms with Gasteiger partial charge in [-0.1, -0.05) is 0 Å². The Labute approximate surface area is 248 Å². The summed E-state index contributed by atoms with van der Waals surface area (Å²) in [5, 5.41) is 15.1. The summed E-state index contributed by atoms with van der Waals surface area (Å²) in [5.74, 6) is -3.12. The minimum Gasteiger partial charge on any atom is -0.368 e. The monoisotopic (exact) mass is 586 g/mol. The van der Waals surface area contributed by atoms with Gasteiger partial charge < -0.3 is 25.3 Å². The molecule has 0 spiro atoms. The molecule has 0 aliphatic carbocycles. The second-order valence-electron chi connectivity index (χ2n) is 10.5. The van der Waals surface area contributed by atoms with E-state index in [0.717, 1.165) is 25.1 Å². The van der Waals surface area contributed by atoms with E-state index in [2.05, 4.69) is 10.6 Å². The number of nitrogens with zero attached hydrogens (tertiary/aromatic N) is 4. The molecule has 0 bridgehead atoms. The SMILES string of the molecule is N#Cc1ccc(C(=O)N2CCCN(c3ccc(C(=O)N4CCCNCC4)cc3NC(=O)c3ccc(F)c(F)c3)CC2)cc1. The van der Waals surface area contributed by atoms with Gasteiger partial charge in [0.1, 0.15) is 0 Å². The highest BCUT2D eigenvalue weighted by atomic mass is 19.2. The molecule has 0 radical (unpaired) electrons. The molecule has 5 rings (SSSR count). The van der Waals surface area contributed by atoms with E-state index in [0.29, 0.717) is 80.3 Å². The van der Waals surface area contributed by atoms with E-state index < -0.39 is 17.5 Å². The molecular formula is C32H32F2N6O3. The molecule has 0 aromatic heterocycles. The predicted molar refractivity (Wildman–Crippen MR) is 158 cm³/mol. The van der Waals surface area contributed by atoms with Crippen molar-refractivity contribution >= 4 is 29.1 Å². The summed E-state index contributed by atoms with van der Waals surface area (Å²) in [7, 11) is 0. The first kappa shape index (κ1) is 29.7. The highest BCUT2D eigenvalue weighted by Crippen LogP contribution is 2.30. The van der Waals surface area contributed by atoms with Crippen molar-refractivity contribution in [2.75, 3.05) is 62.6 Å². The predicted octanol–water partition coefficient (Wildman–Crippen LogP) is 3.88. The first-order chi connectivity index (χ1) is 20.8. The van der Waals surface area contributed by atoms with Crippen molar-refractivity contribution < 1.29 is 23.2 Å². The van der Waals surface area contributed by atoms with Crippen molar-refractivity contribution in [2.24, 2.45) is 0 Å². The Hall–Kier alpha value is -4.82.